The van der Waals surface area contributed by atoms with E-state index in [4.69, 9.17) is 4.74 Å². The SMILES string of the molecule is Cc1ccc(S(=O)(=O)Nc2ccc(Oc3ccc(C(=O)NC(C)C)cn3)cc2)cc1. The summed E-state index contributed by atoms with van der Waals surface area (Å²) in [7, 11) is -3.66. The normalized spacial score (nSPS) is 11.2. The number of aromatic nitrogens is 1. The standard InChI is InChI=1S/C22H23N3O4S/c1-15(2)24-22(26)17-6-13-21(23-14-17)29-19-9-7-18(8-10-19)25-30(27,28)20-11-4-16(3)5-12-20/h4-15,25H,1-3H3,(H,24,26). The van der Waals surface area contributed by atoms with E-state index in [-0.39, 0.29) is 16.8 Å². The largest absolute Gasteiger partial charge is 0.439 e. The van der Waals surface area contributed by atoms with Crippen molar-refractivity contribution < 1.29 is 17.9 Å². The molecule has 0 atom stereocenters. The number of nitrogens with zero attached hydrogens (tertiary/aromatic N) is 1. The van der Waals surface area contributed by atoms with Crippen LogP contribution in [0.15, 0.2) is 71.8 Å². The Morgan fingerprint density at radius 1 is 0.967 bits per heavy atom. The van der Waals surface area contributed by atoms with Gasteiger partial charge in [-0.3, -0.25) is 9.52 Å². The van der Waals surface area contributed by atoms with E-state index in [0.717, 1.165) is 5.56 Å². The Hall–Kier alpha value is -3.39. The summed E-state index contributed by atoms with van der Waals surface area (Å²) in [6, 6.07) is 16.4. The summed E-state index contributed by atoms with van der Waals surface area (Å²) in [5, 5.41) is 2.79. The Morgan fingerprint density at radius 2 is 1.63 bits per heavy atom. The molecule has 156 valence electrons. The van der Waals surface area contributed by atoms with Crippen LogP contribution in [0.1, 0.15) is 29.8 Å². The number of ether oxygens (including phenoxy) is 1. The molecule has 0 spiro atoms. The second-order valence-corrected chi connectivity index (χ2v) is 8.74. The summed E-state index contributed by atoms with van der Waals surface area (Å²) in [6.07, 6.45) is 1.44. The van der Waals surface area contributed by atoms with E-state index >= 15 is 0 Å². The van der Waals surface area contributed by atoms with Gasteiger partial charge in [-0.25, -0.2) is 13.4 Å². The highest BCUT2D eigenvalue weighted by Crippen LogP contribution is 2.23. The van der Waals surface area contributed by atoms with E-state index in [1.165, 1.54) is 6.20 Å². The third kappa shape index (κ3) is 5.57. The van der Waals surface area contributed by atoms with Crippen molar-refractivity contribution in [2.45, 2.75) is 31.7 Å². The molecule has 3 aromatic rings. The van der Waals surface area contributed by atoms with Crippen LogP contribution in [0.3, 0.4) is 0 Å². The zero-order chi connectivity index (χ0) is 21.7. The summed E-state index contributed by atoms with van der Waals surface area (Å²) in [6.45, 7) is 5.66. The van der Waals surface area contributed by atoms with Gasteiger partial charge in [-0.05, 0) is 63.2 Å². The molecule has 0 bridgehead atoms. The molecular weight excluding hydrogens is 402 g/mol. The molecule has 0 aliphatic carbocycles. The Balaban J connectivity index is 1.64. The first-order valence-corrected chi connectivity index (χ1v) is 10.9. The number of carbonyl (C=O) groups is 1. The van der Waals surface area contributed by atoms with Crippen molar-refractivity contribution in [3.63, 3.8) is 0 Å². The summed E-state index contributed by atoms with van der Waals surface area (Å²) < 4.78 is 33.1. The van der Waals surface area contributed by atoms with Gasteiger partial charge in [0.2, 0.25) is 5.88 Å². The van der Waals surface area contributed by atoms with Crippen molar-refractivity contribution in [3.05, 3.63) is 78.0 Å². The predicted octanol–water partition coefficient (Wildman–Crippen LogP) is 4.12. The summed E-state index contributed by atoms with van der Waals surface area (Å²) in [5.74, 6) is 0.610. The fraction of sp³-hybridized carbons (Fsp3) is 0.182. The highest BCUT2D eigenvalue weighted by molar-refractivity contribution is 7.92. The number of pyridine rings is 1. The highest BCUT2D eigenvalue weighted by atomic mass is 32.2. The number of anilines is 1. The number of aryl methyl sites for hydroxylation is 1. The molecule has 30 heavy (non-hydrogen) atoms. The van der Waals surface area contributed by atoms with Gasteiger partial charge in [0, 0.05) is 24.0 Å². The average molecular weight is 426 g/mol. The van der Waals surface area contributed by atoms with E-state index in [9.17, 15) is 13.2 Å². The predicted molar refractivity (Wildman–Crippen MR) is 115 cm³/mol. The minimum Gasteiger partial charge on any atom is -0.439 e. The lowest BCUT2D eigenvalue weighted by Gasteiger charge is -2.10. The quantitative estimate of drug-likeness (QED) is 0.593. The first-order chi connectivity index (χ1) is 14.2. The first kappa shape index (κ1) is 21.3. The Bertz CT molecular complexity index is 1110. The number of hydrogen-bond donors (Lipinski definition) is 2. The summed E-state index contributed by atoms with van der Waals surface area (Å²) in [5.41, 5.74) is 1.84. The smallest absolute Gasteiger partial charge is 0.261 e. The van der Waals surface area contributed by atoms with Crippen LogP contribution in [0.4, 0.5) is 5.69 Å². The van der Waals surface area contributed by atoms with Gasteiger partial charge in [0.25, 0.3) is 15.9 Å². The Labute approximate surface area is 176 Å². The third-order valence-corrected chi connectivity index (χ3v) is 5.48. The van der Waals surface area contributed by atoms with Crippen molar-refractivity contribution in [1.29, 1.82) is 0 Å². The topological polar surface area (TPSA) is 97.4 Å². The molecule has 0 radical (unpaired) electrons. The molecule has 0 aliphatic rings. The molecule has 1 amide bonds. The fourth-order valence-corrected chi connectivity index (χ4v) is 3.62. The molecule has 2 aromatic carbocycles. The average Bonchev–Trinajstić information content (AvgIpc) is 2.69. The van der Waals surface area contributed by atoms with Gasteiger partial charge in [-0.2, -0.15) is 0 Å². The van der Waals surface area contributed by atoms with Crippen LogP contribution in [0.2, 0.25) is 0 Å². The van der Waals surface area contributed by atoms with Crippen molar-refractivity contribution in [3.8, 4) is 11.6 Å². The molecule has 7 nitrogen and oxygen atoms in total. The van der Waals surface area contributed by atoms with Crippen LogP contribution in [0, 0.1) is 6.92 Å². The molecule has 2 N–H and O–H groups in total. The molecule has 0 saturated heterocycles. The van der Waals surface area contributed by atoms with Crippen LogP contribution in [0.5, 0.6) is 11.6 Å². The number of rotatable bonds is 7. The van der Waals surface area contributed by atoms with Crippen LogP contribution in [-0.2, 0) is 10.0 Å². The molecule has 1 aromatic heterocycles. The summed E-state index contributed by atoms with van der Waals surface area (Å²) >= 11 is 0. The van der Waals surface area contributed by atoms with Gasteiger partial charge in [0.05, 0.1) is 10.5 Å². The number of carbonyl (C=O) groups excluding carboxylic acids is 1. The zero-order valence-electron chi connectivity index (χ0n) is 16.9. The second-order valence-electron chi connectivity index (χ2n) is 7.06. The number of amides is 1. The van der Waals surface area contributed by atoms with Gasteiger partial charge in [-0.15, -0.1) is 0 Å². The van der Waals surface area contributed by atoms with Crippen molar-refractivity contribution >= 4 is 21.6 Å². The van der Waals surface area contributed by atoms with Gasteiger partial charge >= 0.3 is 0 Å². The molecular formula is C22H23N3O4S. The van der Waals surface area contributed by atoms with Crippen LogP contribution in [0.25, 0.3) is 0 Å². The van der Waals surface area contributed by atoms with E-state index in [0.29, 0.717) is 22.9 Å². The molecule has 1 heterocycles. The molecule has 0 fully saturated rings. The zero-order valence-corrected chi connectivity index (χ0v) is 17.7. The fourth-order valence-electron chi connectivity index (χ4n) is 2.56. The maximum Gasteiger partial charge on any atom is 0.261 e. The molecule has 0 unspecified atom stereocenters. The van der Waals surface area contributed by atoms with Crippen LogP contribution in [-0.4, -0.2) is 25.4 Å². The minimum absolute atomic E-state index is 0.0374. The number of benzene rings is 2. The van der Waals surface area contributed by atoms with E-state index < -0.39 is 10.0 Å². The van der Waals surface area contributed by atoms with Crippen LogP contribution >= 0.6 is 0 Å². The van der Waals surface area contributed by atoms with E-state index in [1.54, 1.807) is 60.7 Å². The molecule has 0 aliphatic heterocycles. The lowest BCUT2D eigenvalue weighted by molar-refractivity contribution is 0.0942. The van der Waals surface area contributed by atoms with Crippen molar-refractivity contribution in [1.82, 2.24) is 10.3 Å². The Morgan fingerprint density at radius 3 is 2.20 bits per heavy atom. The molecule has 0 saturated carbocycles. The molecule has 8 heteroatoms. The maximum atomic E-state index is 12.5. The van der Waals surface area contributed by atoms with Gasteiger partial charge in [-0.1, -0.05) is 17.7 Å². The van der Waals surface area contributed by atoms with Crippen LogP contribution < -0.4 is 14.8 Å². The minimum atomic E-state index is -3.66. The third-order valence-electron chi connectivity index (χ3n) is 4.08. The number of sulfonamides is 1. The first-order valence-electron chi connectivity index (χ1n) is 9.37. The van der Waals surface area contributed by atoms with Gasteiger partial charge < -0.3 is 10.1 Å². The van der Waals surface area contributed by atoms with Crippen molar-refractivity contribution in [2.75, 3.05) is 4.72 Å². The van der Waals surface area contributed by atoms with Crippen molar-refractivity contribution in [2.24, 2.45) is 0 Å². The molecule has 3 rings (SSSR count). The number of hydrogen-bond acceptors (Lipinski definition) is 5. The highest BCUT2D eigenvalue weighted by Gasteiger charge is 2.14. The lowest BCUT2D eigenvalue weighted by Crippen LogP contribution is -2.30. The Kier molecular flexibility index (Phi) is 6.37. The van der Waals surface area contributed by atoms with Gasteiger partial charge in [0.15, 0.2) is 0 Å². The summed E-state index contributed by atoms with van der Waals surface area (Å²) in [4.78, 5) is 16.3. The second kappa shape index (κ2) is 8.96. The lowest BCUT2D eigenvalue weighted by atomic mass is 10.2. The van der Waals surface area contributed by atoms with Gasteiger partial charge in [0.1, 0.15) is 5.75 Å². The van der Waals surface area contributed by atoms with E-state index in [1.807, 2.05) is 20.8 Å². The maximum absolute atomic E-state index is 12.5. The number of nitrogens with one attached hydrogen (secondary N) is 2. The van der Waals surface area contributed by atoms with E-state index in [2.05, 4.69) is 15.0 Å². The monoisotopic (exact) mass is 425 g/mol.